The van der Waals surface area contributed by atoms with Crippen LogP contribution in [0.15, 0.2) is 12.3 Å². The standard InChI is InChI=1S/C35H71NO2/c1-4-7-8-9-10-11-12-13-14-15-16-17-18-19-20-21-22-23-24-25-26-27-28-29-30-31-32-33-36(34(37)5-2)35(38)6-3/h32-35,37-38H,4-31H2,1-3H3. The quantitative estimate of drug-likeness (QED) is 0.0682. The van der Waals surface area contributed by atoms with Crippen LogP contribution in [0, 0.1) is 0 Å². The summed E-state index contributed by atoms with van der Waals surface area (Å²) in [6.45, 7) is 6.18. The molecular formula is C35H71NO2. The minimum Gasteiger partial charge on any atom is -0.374 e. The van der Waals surface area contributed by atoms with Crippen molar-refractivity contribution in [3.8, 4) is 0 Å². The monoisotopic (exact) mass is 538 g/mol. The van der Waals surface area contributed by atoms with Crippen LogP contribution in [0.5, 0.6) is 0 Å². The Bertz CT molecular complexity index is 457. The fourth-order valence-electron chi connectivity index (χ4n) is 5.42. The molecule has 0 saturated carbocycles. The van der Waals surface area contributed by atoms with E-state index in [9.17, 15) is 10.2 Å². The van der Waals surface area contributed by atoms with Crippen molar-refractivity contribution in [1.82, 2.24) is 4.90 Å². The molecule has 0 spiro atoms. The van der Waals surface area contributed by atoms with Crippen LogP contribution in [0.4, 0.5) is 0 Å². The molecule has 2 unspecified atom stereocenters. The molecule has 0 saturated heterocycles. The lowest BCUT2D eigenvalue weighted by Crippen LogP contribution is -2.38. The third-order valence-corrected chi connectivity index (χ3v) is 8.17. The van der Waals surface area contributed by atoms with Gasteiger partial charge in [0, 0.05) is 6.20 Å². The predicted molar refractivity (Wildman–Crippen MR) is 169 cm³/mol. The predicted octanol–water partition coefficient (Wildman–Crippen LogP) is 11.4. The highest BCUT2D eigenvalue weighted by atomic mass is 16.3. The van der Waals surface area contributed by atoms with Gasteiger partial charge in [0.2, 0.25) is 0 Å². The molecule has 0 aromatic rings. The molecule has 0 amide bonds. The minimum absolute atomic E-state index is 0.592. The first-order valence-electron chi connectivity index (χ1n) is 17.5. The lowest BCUT2D eigenvalue weighted by Gasteiger charge is -2.30. The lowest BCUT2D eigenvalue weighted by molar-refractivity contribution is -0.0725. The maximum Gasteiger partial charge on any atom is 0.128 e. The molecular weight excluding hydrogens is 466 g/mol. The zero-order valence-corrected chi connectivity index (χ0v) is 26.5. The SMILES string of the molecule is CCCCCCCCCCCCCCCCCCCCCCCCCCCC=CN(C(O)CC)C(O)CC. The van der Waals surface area contributed by atoms with Gasteiger partial charge in [-0.25, -0.2) is 0 Å². The van der Waals surface area contributed by atoms with E-state index in [1.807, 2.05) is 20.0 Å². The third kappa shape index (κ3) is 25.7. The molecule has 0 rings (SSSR count). The van der Waals surface area contributed by atoms with Crippen molar-refractivity contribution >= 4 is 0 Å². The molecule has 0 radical (unpaired) electrons. The summed E-state index contributed by atoms with van der Waals surface area (Å²) in [5, 5.41) is 20.1. The van der Waals surface area contributed by atoms with Gasteiger partial charge in [-0.3, -0.25) is 0 Å². The van der Waals surface area contributed by atoms with Crippen molar-refractivity contribution < 1.29 is 10.2 Å². The second-order valence-electron chi connectivity index (χ2n) is 11.9. The first-order valence-corrected chi connectivity index (χ1v) is 17.5. The Labute approximate surface area is 240 Å². The smallest absolute Gasteiger partial charge is 0.128 e. The van der Waals surface area contributed by atoms with Crippen LogP contribution < -0.4 is 0 Å². The number of allylic oxidation sites excluding steroid dienone is 1. The van der Waals surface area contributed by atoms with Gasteiger partial charge in [0.1, 0.15) is 12.5 Å². The lowest BCUT2D eigenvalue weighted by atomic mass is 10.0. The van der Waals surface area contributed by atoms with Crippen molar-refractivity contribution in [2.45, 2.75) is 213 Å². The molecule has 3 heteroatoms. The summed E-state index contributed by atoms with van der Waals surface area (Å²) in [7, 11) is 0. The highest BCUT2D eigenvalue weighted by molar-refractivity contribution is 4.85. The molecule has 2 N–H and O–H groups in total. The van der Waals surface area contributed by atoms with Gasteiger partial charge in [0.05, 0.1) is 0 Å². The van der Waals surface area contributed by atoms with Crippen LogP contribution in [-0.4, -0.2) is 27.6 Å². The van der Waals surface area contributed by atoms with Crippen molar-refractivity contribution in [3.63, 3.8) is 0 Å². The Morgan fingerprint density at radius 1 is 0.421 bits per heavy atom. The molecule has 3 nitrogen and oxygen atoms in total. The number of aliphatic hydroxyl groups is 2. The van der Waals surface area contributed by atoms with E-state index >= 15 is 0 Å². The van der Waals surface area contributed by atoms with E-state index in [4.69, 9.17) is 0 Å². The van der Waals surface area contributed by atoms with E-state index in [-0.39, 0.29) is 0 Å². The van der Waals surface area contributed by atoms with Crippen molar-refractivity contribution in [2.75, 3.05) is 0 Å². The highest BCUT2D eigenvalue weighted by Crippen LogP contribution is 2.16. The molecule has 0 aromatic heterocycles. The topological polar surface area (TPSA) is 43.7 Å². The van der Waals surface area contributed by atoms with Crippen molar-refractivity contribution in [1.29, 1.82) is 0 Å². The summed E-state index contributed by atoms with van der Waals surface area (Å²) in [6, 6.07) is 0. The fourth-order valence-corrected chi connectivity index (χ4v) is 5.42. The summed E-state index contributed by atoms with van der Waals surface area (Å²) in [5.41, 5.74) is 0. The average molecular weight is 538 g/mol. The van der Waals surface area contributed by atoms with Crippen LogP contribution in [0.25, 0.3) is 0 Å². The zero-order valence-electron chi connectivity index (χ0n) is 26.5. The summed E-state index contributed by atoms with van der Waals surface area (Å²) in [5.74, 6) is 0. The second kappa shape index (κ2) is 31.0. The van der Waals surface area contributed by atoms with Gasteiger partial charge >= 0.3 is 0 Å². The normalized spacial score (nSPS) is 13.4. The molecule has 0 aliphatic heterocycles. The molecule has 38 heavy (non-hydrogen) atoms. The maximum atomic E-state index is 10.0. The Kier molecular flexibility index (Phi) is 30.6. The number of unbranched alkanes of at least 4 members (excludes halogenated alkanes) is 25. The fraction of sp³-hybridized carbons (Fsp3) is 0.943. The molecule has 2 atom stereocenters. The first-order chi connectivity index (χ1) is 18.7. The van der Waals surface area contributed by atoms with Gasteiger partial charge in [-0.1, -0.05) is 181 Å². The van der Waals surface area contributed by atoms with E-state index in [1.165, 1.54) is 161 Å². The average Bonchev–Trinajstić information content (AvgIpc) is 2.93. The summed E-state index contributed by atoms with van der Waals surface area (Å²) >= 11 is 0. The van der Waals surface area contributed by atoms with Gasteiger partial charge in [-0.15, -0.1) is 0 Å². The van der Waals surface area contributed by atoms with Gasteiger partial charge in [0.25, 0.3) is 0 Å². The van der Waals surface area contributed by atoms with Crippen molar-refractivity contribution in [3.05, 3.63) is 12.3 Å². The number of nitrogens with zero attached hydrogens (tertiary/aromatic N) is 1. The van der Waals surface area contributed by atoms with Crippen LogP contribution in [-0.2, 0) is 0 Å². The number of hydrogen-bond acceptors (Lipinski definition) is 3. The van der Waals surface area contributed by atoms with Gasteiger partial charge in [-0.2, -0.15) is 0 Å². The van der Waals surface area contributed by atoms with Crippen molar-refractivity contribution in [2.24, 2.45) is 0 Å². The Morgan fingerprint density at radius 2 is 0.684 bits per heavy atom. The molecule has 0 fully saturated rings. The second-order valence-corrected chi connectivity index (χ2v) is 11.9. The van der Waals surface area contributed by atoms with Crippen LogP contribution in [0.2, 0.25) is 0 Å². The Hall–Kier alpha value is -0.540. The molecule has 0 aromatic carbocycles. The van der Waals surface area contributed by atoms with E-state index in [2.05, 4.69) is 13.0 Å². The molecule has 0 aliphatic carbocycles. The van der Waals surface area contributed by atoms with E-state index in [1.54, 1.807) is 4.90 Å². The Morgan fingerprint density at radius 3 is 0.947 bits per heavy atom. The molecule has 228 valence electrons. The van der Waals surface area contributed by atoms with E-state index < -0.39 is 12.5 Å². The van der Waals surface area contributed by atoms with Crippen LogP contribution >= 0.6 is 0 Å². The summed E-state index contributed by atoms with van der Waals surface area (Å²) < 4.78 is 0. The van der Waals surface area contributed by atoms with Gasteiger partial charge in [0.15, 0.2) is 0 Å². The maximum absolute atomic E-state index is 10.0. The van der Waals surface area contributed by atoms with Gasteiger partial charge in [-0.05, 0) is 25.7 Å². The van der Waals surface area contributed by atoms with Gasteiger partial charge < -0.3 is 15.1 Å². The first kappa shape index (κ1) is 37.5. The van der Waals surface area contributed by atoms with E-state index in [0.717, 1.165) is 6.42 Å². The molecule has 0 bridgehead atoms. The Balaban J connectivity index is 3.26. The van der Waals surface area contributed by atoms with E-state index in [0.29, 0.717) is 12.8 Å². The summed E-state index contributed by atoms with van der Waals surface area (Å²) in [4.78, 5) is 1.68. The van der Waals surface area contributed by atoms with Crippen LogP contribution in [0.1, 0.15) is 201 Å². The highest BCUT2D eigenvalue weighted by Gasteiger charge is 2.16. The third-order valence-electron chi connectivity index (χ3n) is 8.17. The molecule has 0 heterocycles. The number of aliphatic hydroxyl groups excluding tert-OH is 2. The number of rotatable bonds is 31. The summed E-state index contributed by atoms with van der Waals surface area (Å²) in [6.07, 6.45) is 40.7. The molecule has 0 aliphatic rings. The zero-order chi connectivity index (χ0) is 27.9. The largest absolute Gasteiger partial charge is 0.374 e. The minimum atomic E-state index is -0.592. The number of hydrogen-bond donors (Lipinski definition) is 2. The van der Waals surface area contributed by atoms with Crippen LogP contribution in [0.3, 0.4) is 0 Å².